The molecule has 1 aliphatic heterocycles. The smallest absolute Gasteiger partial charge is 0.238 e. The molecular formula is C15H22N4O2. The quantitative estimate of drug-likeness (QED) is 0.698. The van der Waals surface area contributed by atoms with Crippen LogP contribution >= 0.6 is 0 Å². The van der Waals surface area contributed by atoms with E-state index in [0.29, 0.717) is 30.3 Å². The number of rotatable bonds is 5. The van der Waals surface area contributed by atoms with Gasteiger partial charge in [-0.1, -0.05) is 12.1 Å². The minimum absolute atomic E-state index is 0.0683. The van der Waals surface area contributed by atoms with Crippen molar-refractivity contribution in [3.05, 3.63) is 24.3 Å². The van der Waals surface area contributed by atoms with Gasteiger partial charge in [0.05, 0.1) is 17.9 Å². The van der Waals surface area contributed by atoms with Gasteiger partial charge in [0, 0.05) is 6.42 Å². The number of nitrogens with two attached hydrogens (primary N) is 2. The number of likely N-dealkylation sites (tertiary alicyclic amines) is 1. The number of para-hydroxylation sites is 2. The fourth-order valence-corrected chi connectivity index (χ4v) is 2.64. The van der Waals surface area contributed by atoms with Crippen molar-refractivity contribution in [2.24, 2.45) is 11.7 Å². The Morgan fingerprint density at radius 1 is 1.24 bits per heavy atom. The molecule has 1 aliphatic rings. The topological polar surface area (TPSA) is 101 Å². The maximum absolute atomic E-state index is 12.0. The lowest BCUT2D eigenvalue weighted by atomic mass is 9.93. The van der Waals surface area contributed by atoms with Crippen LogP contribution in [0.3, 0.4) is 0 Å². The van der Waals surface area contributed by atoms with Crippen molar-refractivity contribution in [3.63, 3.8) is 0 Å². The van der Waals surface area contributed by atoms with E-state index in [1.807, 2.05) is 12.1 Å². The van der Waals surface area contributed by atoms with Crippen molar-refractivity contribution in [2.75, 3.05) is 30.7 Å². The second-order valence-corrected chi connectivity index (χ2v) is 5.53. The third-order valence-electron chi connectivity index (χ3n) is 3.80. The zero-order chi connectivity index (χ0) is 15.2. The largest absolute Gasteiger partial charge is 0.397 e. The van der Waals surface area contributed by atoms with E-state index in [-0.39, 0.29) is 11.8 Å². The Kier molecular flexibility index (Phi) is 5.16. The lowest BCUT2D eigenvalue weighted by Gasteiger charge is -2.30. The molecular weight excluding hydrogens is 268 g/mol. The Morgan fingerprint density at radius 2 is 1.90 bits per heavy atom. The van der Waals surface area contributed by atoms with Crippen molar-refractivity contribution in [1.29, 1.82) is 0 Å². The molecule has 0 aliphatic carbocycles. The van der Waals surface area contributed by atoms with Gasteiger partial charge in [-0.2, -0.15) is 0 Å². The van der Waals surface area contributed by atoms with Crippen LogP contribution in [0, 0.1) is 5.92 Å². The van der Waals surface area contributed by atoms with Gasteiger partial charge >= 0.3 is 0 Å². The summed E-state index contributed by atoms with van der Waals surface area (Å²) in [5.74, 6) is 0.0403. The molecule has 1 aromatic carbocycles. The first-order valence-electron chi connectivity index (χ1n) is 7.19. The standard InChI is InChI=1S/C15H22N4O2/c16-12-3-1-2-4-13(12)18-15(21)10-19-7-5-11(6-8-19)9-14(17)20/h1-4,11H,5-10,16H2,(H2,17,20)(H,18,21). The molecule has 0 radical (unpaired) electrons. The highest BCUT2D eigenvalue weighted by molar-refractivity contribution is 5.95. The Balaban J connectivity index is 1.77. The van der Waals surface area contributed by atoms with Gasteiger partial charge in [0.2, 0.25) is 11.8 Å². The van der Waals surface area contributed by atoms with Crippen molar-refractivity contribution in [2.45, 2.75) is 19.3 Å². The summed E-state index contributed by atoms with van der Waals surface area (Å²) in [4.78, 5) is 25.0. The lowest BCUT2D eigenvalue weighted by molar-refractivity contribution is -0.120. The molecule has 21 heavy (non-hydrogen) atoms. The second-order valence-electron chi connectivity index (χ2n) is 5.53. The van der Waals surface area contributed by atoms with Crippen LogP contribution in [0.1, 0.15) is 19.3 Å². The van der Waals surface area contributed by atoms with Crippen molar-refractivity contribution in [1.82, 2.24) is 4.90 Å². The summed E-state index contributed by atoms with van der Waals surface area (Å²) in [5, 5.41) is 2.82. The van der Waals surface area contributed by atoms with Crippen LogP contribution in [0.4, 0.5) is 11.4 Å². The fourth-order valence-electron chi connectivity index (χ4n) is 2.64. The predicted octanol–water partition coefficient (Wildman–Crippen LogP) is 0.795. The summed E-state index contributed by atoms with van der Waals surface area (Å²) in [5.41, 5.74) is 12.2. The van der Waals surface area contributed by atoms with E-state index in [1.165, 1.54) is 0 Å². The van der Waals surface area contributed by atoms with E-state index >= 15 is 0 Å². The zero-order valence-corrected chi connectivity index (χ0v) is 12.0. The Morgan fingerprint density at radius 3 is 2.52 bits per heavy atom. The number of nitrogen functional groups attached to an aromatic ring is 1. The molecule has 0 saturated carbocycles. The first kappa shape index (κ1) is 15.3. The van der Waals surface area contributed by atoms with Crippen LogP contribution in [-0.2, 0) is 9.59 Å². The molecule has 1 heterocycles. The monoisotopic (exact) mass is 290 g/mol. The zero-order valence-electron chi connectivity index (χ0n) is 12.0. The van der Waals surface area contributed by atoms with Crippen LogP contribution in [-0.4, -0.2) is 36.3 Å². The number of primary amides is 1. The molecule has 0 unspecified atom stereocenters. The van der Waals surface area contributed by atoms with Crippen molar-refractivity contribution < 1.29 is 9.59 Å². The summed E-state index contributed by atoms with van der Waals surface area (Å²) in [6.45, 7) is 1.98. The van der Waals surface area contributed by atoms with E-state index < -0.39 is 0 Å². The third kappa shape index (κ3) is 4.75. The number of nitrogens with zero attached hydrogens (tertiary/aromatic N) is 1. The number of hydrogen-bond acceptors (Lipinski definition) is 4. The van der Waals surface area contributed by atoms with Crippen LogP contribution in [0.15, 0.2) is 24.3 Å². The maximum atomic E-state index is 12.0. The molecule has 2 rings (SSSR count). The van der Waals surface area contributed by atoms with Crippen LogP contribution in [0.2, 0.25) is 0 Å². The van der Waals surface area contributed by atoms with Crippen molar-refractivity contribution >= 4 is 23.2 Å². The van der Waals surface area contributed by atoms with Gasteiger partial charge in [0.1, 0.15) is 0 Å². The van der Waals surface area contributed by atoms with Crippen LogP contribution in [0.5, 0.6) is 0 Å². The highest BCUT2D eigenvalue weighted by Gasteiger charge is 2.22. The van der Waals surface area contributed by atoms with Crippen LogP contribution in [0.25, 0.3) is 0 Å². The van der Waals surface area contributed by atoms with Crippen LogP contribution < -0.4 is 16.8 Å². The van der Waals surface area contributed by atoms with Gasteiger partial charge in [-0.25, -0.2) is 0 Å². The molecule has 6 heteroatoms. The second kappa shape index (κ2) is 7.08. The minimum atomic E-state index is -0.245. The summed E-state index contributed by atoms with van der Waals surface area (Å²) in [6, 6.07) is 7.20. The molecule has 2 amide bonds. The van der Waals surface area contributed by atoms with Gasteiger partial charge in [-0.15, -0.1) is 0 Å². The molecule has 0 aromatic heterocycles. The van der Waals surface area contributed by atoms with E-state index in [9.17, 15) is 9.59 Å². The summed E-state index contributed by atoms with van der Waals surface area (Å²) < 4.78 is 0. The van der Waals surface area contributed by atoms with E-state index in [4.69, 9.17) is 11.5 Å². The molecule has 6 nitrogen and oxygen atoms in total. The Bertz CT molecular complexity index is 510. The van der Waals surface area contributed by atoms with Gasteiger partial charge in [0.15, 0.2) is 0 Å². The summed E-state index contributed by atoms with van der Waals surface area (Å²) in [6.07, 6.45) is 2.26. The summed E-state index contributed by atoms with van der Waals surface area (Å²) in [7, 11) is 0. The molecule has 5 N–H and O–H groups in total. The van der Waals surface area contributed by atoms with Gasteiger partial charge in [0.25, 0.3) is 0 Å². The highest BCUT2D eigenvalue weighted by atomic mass is 16.2. The molecule has 0 spiro atoms. The molecule has 114 valence electrons. The molecule has 0 atom stereocenters. The van der Waals surface area contributed by atoms with Gasteiger partial charge in [-0.3, -0.25) is 14.5 Å². The number of nitrogens with one attached hydrogen (secondary N) is 1. The maximum Gasteiger partial charge on any atom is 0.238 e. The van der Waals surface area contributed by atoms with Gasteiger partial charge in [-0.05, 0) is 44.0 Å². The lowest BCUT2D eigenvalue weighted by Crippen LogP contribution is -2.40. The normalized spacial score (nSPS) is 16.6. The average Bonchev–Trinajstić information content (AvgIpc) is 2.43. The van der Waals surface area contributed by atoms with E-state index in [2.05, 4.69) is 10.2 Å². The van der Waals surface area contributed by atoms with E-state index in [0.717, 1.165) is 25.9 Å². The predicted molar refractivity (Wildman–Crippen MR) is 82.5 cm³/mol. The first-order valence-corrected chi connectivity index (χ1v) is 7.19. The number of hydrogen-bond donors (Lipinski definition) is 3. The highest BCUT2D eigenvalue weighted by Crippen LogP contribution is 2.20. The van der Waals surface area contributed by atoms with Gasteiger partial charge < -0.3 is 16.8 Å². The number of anilines is 2. The summed E-state index contributed by atoms with van der Waals surface area (Å²) >= 11 is 0. The number of piperidine rings is 1. The molecule has 1 aromatic rings. The molecule has 1 saturated heterocycles. The Hall–Kier alpha value is -2.08. The number of amides is 2. The number of carbonyl (C=O) groups excluding carboxylic acids is 2. The molecule has 0 bridgehead atoms. The number of benzene rings is 1. The molecule has 1 fully saturated rings. The Labute approximate surface area is 124 Å². The minimum Gasteiger partial charge on any atom is -0.397 e. The average molecular weight is 290 g/mol. The number of carbonyl (C=O) groups is 2. The van der Waals surface area contributed by atoms with E-state index in [1.54, 1.807) is 12.1 Å². The fraction of sp³-hybridized carbons (Fsp3) is 0.467. The van der Waals surface area contributed by atoms with Crippen molar-refractivity contribution in [3.8, 4) is 0 Å². The third-order valence-corrected chi connectivity index (χ3v) is 3.80. The first-order chi connectivity index (χ1) is 10.0. The SMILES string of the molecule is NC(=O)CC1CCN(CC(=O)Nc2ccccc2N)CC1.